The van der Waals surface area contributed by atoms with E-state index in [0.717, 1.165) is 21.3 Å². The molecule has 0 atom stereocenters. The summed E-state index contributed by atoms with van der Waals surface area (Å²) in [6.45, 7) is 0. The number of nitrogens with one attached hydrogen (secondary N) is 1. The van der Waals surface area contributed by atoms with E-state index in [1.807, 2.05) is 48.5 Å². The zero-order chi connectivity index (χ0) is 18.5. The Hall–Kier alpha value is -3.01. The van der Waals surface area contributed by atoms with Gasteiger partial charge in [-0.2, -0.15) is 0 Å². The minimum atomic E-state index is -0.249. The summed E-state index contributed by atoms with van der Waals surface area (Å²) in [5.41, 5.74) is 2.59. The van der Waals surface area contributed by atoms with Crippen LogP contribution in [0, 0.1) is 5.82 Å². The van der Waals surface area contributed by atoms with Crippen molar-refractivity contribution < 1.29 is 4.39 Å². The van der Waals surface area contributed by atoms with Gasteiger partial charge in [-0.25, -0.2) is 0 Å². The fourth-order valence-electron chi connectivity index (χ4n) is 2.73. The zero-order valence-corrected chi connectivity index (χ0v) is 16.1. The number of benzene rings is 3. The van der Waals surface area contributed by atoms with Gasteiger partial charge in [-0.1, -0.05) is 0 Å². The summed E-state index contributed by atoms with van der Waals surface area (Å²) in [6.07, 6.45) is 3.37. The number of hydrogen-bond donors (Lipinski definition) is 1. The molecule has 0 aliphatic carbocycles. The van der Waals surface area contributed by atoms with Gasteiger partial charge in [0.2, 0.25) is 0 Å². The van der Waals surface area contributed by atoms with E-state index >= 15 is 0 Å². The topological polar surface area (TPSA) is 37.8 Å². The van der Waals surface area contributed by atoms with Gasteiger partial charge in [-0.3, -0.25) is 0 Å². The molecule has 4 rings (SSSR count). The molecule has 132 valence electrons. The van der Waals surface area contributed by atoms with Crippen molar-refractivity contribution in [1.29, 1.82) is 0 Å². The Kier molecular flexibility index (Phi) is 5.24. The van der Waals surface area contributed by atoms with Crippen LogP contribution in [0.2, 0.25) is 0 Å². The van der Waals surface area contributed by atoms with E-state index in [0.29, 0.717) is 5.95 Å². The number of anilines is 2. The van der Waals surface area contributed by atoms with Crippen LogP contribution in [-0.2, 0) is 0 Å². The molecule has 0 unspecified atom stereocenters. The van der Waals surface area contributed by atoms with Crippen molar-refractivity contribution in [2.24, 2.45) is 0 Å². The molecule has 4 aromatic rings. The predicted molar refractivity (Wildman–Crippen MR) is 109 cm³/mol. The number of nitrogens with zero attached hydrogens (tertiary/aromatic N) is 2. The quantitative estimate of drug-likeness (QED) is 0.501. The number of halogens is 1. The van der Waals surface area contributed by atoms with Gasteiger partial charge in [0.1, 0.15) is 0 Å². The normalized spacial score (nSPS) is 10.6. The van der Waals surface area contributed by atoms with Crippen molar-refractivity contribution >= 4 is 35.5 Å². The molecule has 27 heavy (non-hydrogen) atoms. The SMILES string of the molecule is Fc1cc([Se]c2ccccc2)c(Nc2ncccn2)c(-c2ccccc2)c1. The van der Waals surface area contributed by atoms with Crippen molar-refractivity contribution in [2.75, 3.05) is 5.32 Å². The van der Waals surface area contributed by atoms with Crippen LogP contribution in [0.25, 0.3) is 11.1 Å². The van der Waals surface area contributed by atoms with E-state index in [9.17, 15) is 4.39 Å². The second kappa shape index (κ2) is 8.12. The Bertz CT molecular complexity index is 1030. The summed E-state index contributed by atoms with van der Waals surface area (Å²) in [6, 6.07) is 24.9. The molecule has 1 heterocycles. The fourth-order valence-corrected chi connectivity index (χ4v) is 4.79. The maximum absolute atomic E-state index is 14.5. The first kappa shape index (κ1) is 17.4. The molecule has 3 aromatic carbocycles. The molecular weight excluding hydrogens is 404 g/mol. The average Bonchev–Trinajstić information content (AvgIpc) is 2.72. The van der Waals surface area contributed by atoms with Crippen LogP contribution in [0.5, 0.6) is 0 Å². The molecule has 0 aliphatic rings. The van der Waals surface area contributed by atoms with Crippen molar-refractivity contribution in [3.8, 4) is 11.1 Å². The number of aromatic nitrogens is 2. The van der Waals surface area contributed by atoms with Gasteiger partial charge in [0.15, 0.2) is 0 Å². The molecule has 0 saturated carbocycles. The molecule has 1 N–H and O–H groups in total. The Labute approximate surface area is 163 Å². The molecular formula is C22H16FN3Se. The van der Waals surface area contributed by atoms with Crippen molar-refractivity contribution in [3.05, 3.63) is 97.1 Å². The molecule has 0 fully saturated rings. The first-order valence-electron chi connectivity index (χ1n) is 8.45. The number of hydrogen-bond acceptors (Lipinski definition) is 3. The summed E-state index contributed by atoms with van der Waals surface area (Å²) in [5.74, 6) is 0.243. The van der Waals surface area contributed by atoms with Gasteiger partial charge >= 0.3 is 163 Å². The van der Waals surface area contributed by atoms with Crippen LogP contribution in [-0.4, -0.2) is 24.9 Å². The summed E-state index contributed by atoms with van der Waals surface area (Å²) in [7, 11) is 0. The van der Waals surface area contributed by atoms with Crippen molar-refractivity contribution in [2.45, 2.75) is 0 Å². The molecule has 0 bridgehead atoms. The first-order chi connectivity index (χ1) is 13.3. The Balaban J connectivity index is 1.85. The molecule has 3 nitrogen and oxygen atoms in total. The third-order valence-corrected chi connectivity index (χ3v) is 6.13. The summed E-state index contributed by atoms with van der Waals surface area (Å²) in [4.78, 5) is 8.54. The molecule has 0 spiro atoms. The predicted octanol–water partition coefficient (Wildman–Crippen LogP) is 3.68. The van der Waals surface area contributed by atoms with E-state index in [1.54, 1.807) is 30.6 Å². The third-order valence-electron chi connectivity index (χ3n) is 3.93. The van der Waals surface area contributed by atoms with E-state index in [-0.39, 0.29) is 20.8 Å². The summed E-state index contributed by atoms with van der Waals surface area (Å²) >= 11 is -0.0655. The second-order valence-corrected chi connectivity index (χ2v) is 8.15. The summed E-state index contributed by atoms with van der Waals surface area (Å²) in [5, 5.41) is 3.31. The van der Waals surface area contributed by atoms with Gasteiger partial charge in [0.25, 0.3) is 0 Å². The molecule has 0 radical (unpaired) electrons. The average molecular weight is 420 g/mol. The van der Waals surface area contributed by atoms with Crippen molar-refractivity contribution in [1.82, 2.24) is 9.97 Å². The van der Waals surface area contributed by atoms with Gasteiger partial charge in [0, 0.05) is 0 Å². The second-order valence-electron chi connectivity index (χ2n) is 5.81. The third kappa shape index (κ3) is 4.22. The number of rotatable bonds is 5. The van der Waals surface area contributed by atoms with Gasteiger partial charge in [-0.15, -0.1) is 0 Å². The van der Waals surface area contributed by atoms with Gasteiger partial charge in [0.05, 0.1) is 0 Å². The van der Waals surface area contributed by atoms with E-state index in [2.05, 4.69) is 27.4 Å². The van der Waals surface area contributed by atoms with Crippen LogP contribution in [0.15, 0.2) is 91.3 Å². The molecule has 1 aromatic heterocycles. The Morgan fingerprint density at radius 2 is 1.44 bits per heavy atom. The Morgan fingerprint density at radius 3 is 2.15 bits per heavy atom. The van der Waals surface area contributed by atoms with E-state index in [1.165, 1.54) is 4.46 Å². The van der Waals surface area contributed by atoms with Gasteiger partial charge < -0.3 is 0 Å². The van der Waals surface area contributed by atoms with E-state index < -0.39 is 0 Å². The Morgan fingerprint density at radius 1 is 0.778 bits per heavy atom. The van der Waals surface area contributed by atoms with Crippen LogP contribution in [0.4, 0.5) is 16.0 Å². The monoisotopic (exact) mass is 421 g/mol. The van der Waals surface area contributed by atoms with Crippen LogP contribution < -0.4 is 14.2 Å². The zero-order valence-electron chi connectivity index (χ0n) is 14.3. The standard InChI is InChI=1S/C22H16FN3Se/c23-17-14-19(16-8-3-1-4-9-16)21(26-22-24-12-7-13-25-22)20(15-17)27-18-10-5-2-6-11-18/h1-15H,(H,24,25,26). The summed E-state index contributed by atoms with van der Waals surface area (Å²) < 4.78 is 16.6. The minimum absolute atomic E-state index is 0.0655. The van der Waals surface area contributed by atoms with Gasteiger partial charge in [-0.05, 0) is 0 Å². The van der Waals surface area contributed by atoms with Crippen LogP contribution in [0.3, 0.4) is 0 Å². The molecule has 5 heteroatoms. The van der Waals surface area contributed by atoms with Crippen LogP contribution in [0.1, 0.15) is 0 Å². The van der Waals surface area contributed by atoms with Crippen molar-refractivity contribution in [3.63, 3.8) is 0 Å². The molecule has 0 aliphatic heterocycles. The maximum atomic E-state index is 14.5. The molecule has 0 amide bonds. The van der Waals surface area contributed by atoms with E-state index in [4.69, 9.17) is 0 Å². The molecule has 0 saturated heterocycles. The fraction of sp³-hybridized carbons (Fsp3) is 0. The van der Waals surface area contributed by atoms with Crippen LogP contribution >= 0.6 is 0 Å². The first-order valence-corrected chi connectivity index (χ1v) is 10.2.